The summed E-state index contributed by atoms with van der Waals surface area (Å²) in [5.41, 5.74) is 2.21. The summed E-state index contributed by atoms with van der Waals surface area (Å²) in [4.78, 5) is 14.9. The molecule has 0 aromatic heterocycles. The molecule has 2 aromatic carbocycles. The van der Waals surface area contributed by atoms with Crippen molar-refractivity contribution in [3.8, 4) is 5.75 Å². The zero-order valence-electron chi connectivity index (χ0n) is 16.1. The van der Waals surface area contributed by atoms with Crippen LogP contribution in [-0.2, 0) is 17.6 Å². The molecule has 4 nitrogen and oxygen atoms in total. The van der Waals surface area contributed by atoms with Crippen LogP contribution < -0.4 is 10.1 Å². The molecule has 0 fully saturated rings. The van der Waals surface area contributed by atoms with E-state index in [0.717, 1.165) is 30.8 Å². The highest BCUT2D eigenvalue weighted by molar-refractivity contribution is 5.79. The van der Waals surface area contributed by atoms with Gasteiger partial charge in [0.05, 0.1) is 13.5 Å². The van der Waals surface area contributed by atoms with E-state index < -0.39 is 0 Å². The Bertz CT molecular complexity index is 669. The van der Waals surface area contributed by atoms with Gasteiger partial charge >= 0.3 is 0 Å². The topological polar surface area (TPSA) is 41.6 Å². The minimum absolute atomic E-state index is 0.0275. The first-order valence-corrected chi connectivity index (χ1v) is 9.34. The van der Waals surface area contributed by atoms with Crippen LogP contribution in [0.5, 0.6) is 5.75 Å². The van der Waals surface area contributed by atoms with Crippen molar-refractivity contribution in [1.82, 2.24) is 10.2 Å². The van der Waals surface area contributed by atoms with Crippen molar-refractivity contribution in [3.63, 3.8) is 0 Å². The van der Waals surface area contributed by atoms with Crippen molar-refractivity contribution in [2.45, 2.75) is 32.7 Å². The number of rotatable bonds is 10. The Morgan fingerprint density at radius 1 is 1.04 bits per heavy atom. The van der Waals surface area contributed by atoms with E-state index in [2.05, 4.69) is 48.3 Å². The van der Waals surface area contributed by atoms with Gasteiger partial charge in [0.15, 0.2) is 0 Å². The maximum atomic E-state index is 12.5. The molecule has 0 radical (unpaired) electrons. The summed E-state index contributed by atoms with van der Waals surface area (Å²) in [5, 5.41) is 3.12. The fourth-order valence-electron chi connectivity index (χ4n) is 3.27. The molecule has 0 aliphatic heterocycles. The monoisotopic (exact) mass is 354 g/mol. The molecule has 2 aromatic rings. The predicted molar refractivity (Wildman–Crippen MR) is 107 cm³/mol. The van der Waals surface area contributed by atoms with Crippen LogP contribution >= 0.6 is 0 Å². The van der Waals surface area contributed by atoms with Crippen molar-refractivity contribution in [1.29, 1.82) is 0 Å². The second-order valence-electron chi connectivity index (χ2n) is 6.36. The van der Waals surface area contributed by atoms with Crippen LogP contribution in [-0.4, -0.2) is 43.6 Å². The van der Waals surface area contributed by atoms with Gasteiger partial charge in [-0.3, -0.25) is 9.69 Å². The minimum atomic E-state index is 0.0275. The Morgan fingerprint density at radius 3 is 2.35 bits per heavy atom. The molecule has 1 unspecified atom stereocenters. The molecule has 0 spiro atoms. The van der Waals surface area contributed by atoms with Crippen molar-refractivity contribution in [3.05, 3.63) is 65.7 Å². The summed E-state index contributed by atoms with van der Waals surface area (Å²) in [6.45, 7) is 6.91. The molecule has 0 saturated carbocycles. The number of ether oxygens (including phenoxy) is 1. The molecular formula is C22H30N2O2. The molecule has 0 aliphatic rings. The first-order chi connectivity index (χ1) is 12.7. The number of nitrogens with zero attached hydrogens (tertiary/aromatic N) is 1. The second-order valence-corrected chi connectivity index (χ2v) is 6.36. The summed E-state index contributed by atoms with van der Waals surface area (Å²) >= 11 is 0. The van der Waals surface area contributed by atoms with Gasteiger partial charge in [0.25, 0.3) is 0 Å². The average molecular weight is 354 g/mol. The van der Waals surface area contributed by atoms with E-state index in [9.17, 15) is 4.79 Å². The van der Waals surface area contributed by atoms with E-state index in [1.165, 1.54) is 5.56 Å². The van der Waals surface area contributed by atoms with Crippen LogP contribution in [0.3, 0.4) is 0 Å². The van der Waals surface area contributed by atoms with E-state index in [1.54, 1.807) is 7.11 Å². The predicted octanol–water partition coefficient (Wildman–Crippen LogP) is 3.31. The molecule has 1 N–H and O–H groups in total. The lowest BCUT2D eigenvalue weighted by atomic mass is 10.0. The van der Waals surface area contributed by atoms with Crippen molar-refractivity contribution < 1.29 is 9.53 Å². The SMILES string of the molecule is CCN(CC)C(CNC(=O)Cc1ccccc1OC)Cc1ccccc1. The van der Waals surface area contributed by atoms with Gasteiger partial charge in [-0.15, -0.1) is 0 Å². The quantitative estimate of drug-likeness (QED) is 0.712. The molecule has 4 heteroatoms. The summed E-state index contributed by atoms with van der Waals surface area (Å²) in [6.07, 6.45) is 1.26. The number of hydrogen-bond donors (Lipinski definition) is 1. The van der Waals surface area contributed by atoms with E-state index in [4.69, 9.17) is 4.74 Å². The fraction of sp³-hybridized carbons (Fsp3) is 0.409. The number of nitrogens with one attached hydrogen (secondary N) is 1. The van der Waals surface area contributed by atoms with Gasteiger partial charge in [0.2, 0.25) is 5.91 Å². The number of likely N-dealkylation sites (N-methyl/N-ethyl adjacent to an activating group) is 1. The summed E-state index contributed by atoms with van der Waals surface area (Å²) < 4.78 is 5.34. The smallest absolute Gasteiger partial charge is 0.224 e. The Kier molecular flexibility index (Phi) is 8.16. The first kappa shape index (κ1) is 20.0. The summed E-state index contributed by atoms with van der Waals surface area (Å²) in [5.74, 6) is 0.784. The number of para-hydroxylation sites is 1. The summed E-state index contributed by atoms with van der Waals surface area (Å²) in [6, 6.07) is 18.4. The first-order valence-electron chi connectivity index (χ1n) is 9.34. The molecule has 0 heterocycles. The highest BCUT2D eigenvalue weighted by Crippen LogP contribution is 2.17. The van der Waals surface area contributed by atoms with E-state index in [-0.39, 0.29) is 11.9 Å². The molecule has 0 aliphatic carbocycles. The zero-order valence-corrected chi connectivity index (χ0v) is 16.1. The molecule has 140 valence electrons. The van der Waals surface area contributed by atoms with Gasteiger partial charge < -0.3 is 10.1 Å². The van der Waals surface area contributed by atoms with E-state index >= 15 is 0 Å². The third-order valence-corrected chi connectivity index (χ3v) is 4.72. The Morgan fingerprint density at radius 2 is 1.69 bits per heavy atom. The van der Waals surface area contributed by atoms with Crippen LogP contribution in [0.1, 0.15) is 25.0 Å². The third kappa shape index (κ3) is 5.88. The highest BCUT2D eigenvalue weighted by atomic mass is 16.5. The van der Waals surface area contributed by atoms with Crippen molar-refractivity contribution >= 4 is 5.91 Å². The molecule has 0 bridgehead atoms. The van der Waals surface area contributed by atoms with Gasteiger partial charge in [-0.2, -0.15) is 0 Å². The van der Waals surface area contributed by atoms with Crippen LogP contribution in [0.4, 0.5) is 0 Å². The molecular weight excluding hydrogens is 324 g/mol. The van der Waals surface area contributed by atoms with E-state index in [1.807, 2.05) is 30.3 Å². The minimum Gasteiger partial charge on any atom is -0.496 e. The van der Waals surface area contributed by atoms with Crippen LogP contribution in [0.2, 0.25) is 0 Å². The van der Waals surface area contributed by atoms with E-state index in [0.29, 0.717) is 13.0 Å². The summed E-state index contributed by atoms with van der Waals surface area (Å²) in [7, 11) is 1.63. The number of methoxy groups -OCH3 is 1. The number of carbonyl (C=O) groups excluding carboxylic acids is 1. The Labute approximate surface area is 157 Å². The third-order valence-electron chi connectivity index (χ3n) is 4.72. The van der Waals surface area contributed by atoms with Gasteiger partial charge in [-0.1, -0.05) is 62.4 Å². The molecule has 26 heavy (non-hydrogen) atoms. The van der Waals surface area contributed by atoms with Gasteiger partial charge in [-0.05, 0) is 31.1 Å². The molecule has 0 saturated heterocycles. The standard InChI is InChI=1S/C22H30N2O2/c1-4-24(5-2)20(15-18-11-7-6-8-12-18)17-23-22(25)16-19-13-9-10-14-21(19)26-3/h6-14,20H,4-5,15-17H2,1-3H3,(H,23,25). The Hall–Kier alpha value is -2.33. The lowest BCUT2D eigenvalue weighted by molar-refractivity contribution is -0.120. The number of carbonyl (C=O) groups is 1. The van der Waals surface area contributed by atoms with Crippen molar-refractivity contribution in [2.75, 3.05) is 26.7 Å². The molecule has 1 atom stereocenters. The Balaban J connectivity index is 1.98. The maximum absolute atomic E-state index is 12.5. The van der Waals surface area contributed by atoms with Crippen LogP contribution in [0.25, 0.3) is 0 Å². The lowest BCUT2D eigenvalue weighted by Crippen LogP contribution is -2.45. The average Bonchev–Trinajstić information content (AvgIpc) is 2.68. The number of benzene rings is 2. The number of amides is 1. The lowest BCUT2D eigenvalue weighted by Gasteiger charge is -2.30. The highest BCUT2D eigenvalue weighted by Gasteiger charge is 2.18. The van der Waals surface area contributed by atoms with Crippen molar-refractivity contribution in [2.24, 2.45) is 0 Å². The molecule has 1 amide bonds. The second kappa shape index (κ2) is 10.6. The normalized spacial score (nSPS) is 12.0. The van der Waals surface area contributed by atoms with Gasteiger partial charge in [0, 0.05) is 18.2 Å². The van der Waals surface area contributed by atoms with Crippen LogP contribution in [0, 0.1) is 0 Å². The zero-order chi connectivity index (χ0) is 18.8. The fourth-order valence-corrected chi connectivity index (χ4v) is 3.27. The maximum Gasteiger partial charge on any atom is 0.224 e. The van der Waals surface area contributed by atoms with Gasteiger partial charge in [0.1, 0.15) is 5.75 Å². The molecule has 2 rings (SSSR count). The van der Waals surface area contributed by atoms with Gasteiger partial charge in [-0.25, -0.2) is 0 Å². The number of hydrogen-bond acceptors (Lipinski definition) is 3. The van der Waals surface area contributed by atoms with Crippen LogP contribution in [0.15, 0.2) is 54.6 Å². The largest absolute Gasteiger partial charge is 0.496 e.